The van der Waals surface area contributed by atoms with Crippen molar-refractivity contribution in [2.24, 2.45) is 5.73 Å². The summed E-state index contributed by atoms with van der Waals surface area (Å²) in [6.07, 6.45) is 3.00. The highest BCUT2D eigenvalue weighted by Gasteiger charge is 2.31. The van der Waals surface area contributed by atoms with E-state index in [1.165, 1.54) is 6.92 Å². The molecule has 0 aliphatic carbocycles. The van der Waals surface area contributed by atoms with Crippen molar-refractivity contribution in [1.29, 1.82) is 0 Å². The zero-order valence-electron chi connectivity index (χ0n) is 35.4. The van der Waals surface area contributed by atoms with E-state index in [1.54, 1.807) is 11.8 Å². The molecular formula is C40H70N6O12. The largest absolute Gasteiger partial charge is 0.377 e. The fourth-order valence-corrected chi connectivity index (χ4v) is 4.89. The van der Waals surface area contributed by atoms with Gasteiger partial charge in [-0.2, -0.15) is 0 Å². The predicted molar refractivity (Wildman–Crippen MR) is 218 cm³/mol. The van der Waals surface area contributed by atoms with E-state index in [-0.39, 0.29) is 87.5 Å². The van der Waals surface area contributed by atoms with E-state index < -0.39 is 0 Å². The van der Waals surface area contributed by atoms with Gasteiger partial charge in [-0.15, -0.1) is 0 Å². The number of amides is 5. The summed E-state index contributed by atoms with van der Waals surface area (Å²) in [4.78, 5) is 70.8. The summed E-state index contributed by atoms with van der Waals surface area (Å²) < 4.78 is 31.6. The molecule has 0 fully saturated rings. The molecule has 1 aromatic carbocycles. The van der Waals surface area contributed by atoms with Crippen molar-refractivity contribution in [3.05, 3.63) is 35.4 Å². The minimum absolute atomic E-state index is 0.00918. The number of hydrogen-bond acceptors (Lipinski definition) is 13. The Morgan fingerprint density at radius 1 is 0.621 bits per heavy atom. The molecule has 0 aromatic heterocycles. The van der Waals surface area contributed by atoms with Crippen LogP contribution in [0.3, 0.4) is 0 Å². The van der Waals surface area contributed by atoms with Crippen LogP contribution in [-0.4, -0.2) is 158 Å². The summed E-state index contributed by atoms with van der Waals surface area (Å²) in [6, 6.07) is 7.54. The number of ketones is 1. The fourth-order valence-electron chi connectivity index (χ4n) is 4.89. The van der Waals surface area contributed by atoms with Crippen LogP contribution in [0.4, 0.5) is 0 Å². The van der Waals surface area contributed by atoms with Crippen molar-refractivity contribution < 1.29 is 57.2 Å². The van der Waals surface area contributed by atoms with Crippen LogP contribution < -0.4 is 27.0 Å². The average molecular weight is 827 g/mol. The standard InChI is InChI=1S/C25H48N4O10.C13H16N2O2.C2H6/c1-3-5-6-26-23(31)19-37-16-14-35-11-8-28-25(33)21-39-18-15-36-12-9-29-24(32)20-38-17-13-34-10-7-27-22(30)4-2;1-9(16)12-6-10-4-2-3-5-11(10)8-15(12)13(17)7-14;1-2/h3-21H2,1-2H3,(H,26,31)(H,27,30)(H,28,33)(H,29,32);2-5,12H,6-8,14H2,1H3;1-2H3. The third-order valence-corrected chi connectivity index (χ3v) is 7.91. The number of carbonyl (C=O) groups is 6. The molecule has 1 aliphatic rings. The molecule has 18 nitrogen and oxygen atoms in total. The van der Waals surface area contributed by atoms with Crippen molar-refractivity contribution in [3.8, 4) is 0 Å². The highest BCUT2D eigenvalue weighted by Crippen LogP contribution is 2.23. The Balaban J connectivity index is 0.00000140. The van der Waals surface area contributed by atoms with Gasteiger partial charge in [-0.25, -0.2) is 0 Å². The van der Waals surface area contributed by atoms with E-state index in [0.717, 1.165) is 24.0 Å². The van der Waals surface area contributed by atoms with Gasteiger partial charge < -0.3 is 60.3 Å². The smallest absolute Gasteiger partial charge is 0.246 e. The van der Waals surface area contributed by atoms with Gasteiger partial charge >= 0.3 is 0 Å². The minimum Gasteiger partial charge on any atom is -0.377 e. The lowest BCUT2D eigenvalue weighted by atomic mass is 9.92. The normalized spacial score (nSPS) is 12.8. The Morgan fingerprint density at radius 2 is 1.03 bits per heavy atom. The Morgan fingerprint density at radius 3 is 1.45 bits per heavy atom. The van der Waals surface area contributed by atoms with Crippen LogP contribution in [-0.2, 0) is 70.2 Å². The van der Waals surface area contributed by atoms with E-state index in [2.05, 4.69) is 28.2 Å². The van der Waals surface area contributed by atoms with Crippen LogP contribution in [0.5, 0.6) is 0 Å². The molecule has 0 radical (unpaired) electrons. The minimum atomic E-state index is -0.360. The van der Waals surface area contributed by atoms with Gasteiger partial charge in [0, 0.05) is 45.6 Å². The second-order valence-electron chi connectivity index (χ2n) is 12.4. The van der Waals surface area contributed by atoms with E-state index in [9.17, 15) is 28.8 Å². The first kappa shape index (κ1) is 54.0. The molecule has 0 saturated carbocycles. The molecule has 1 atom stereocenters. The number of nitrogens with two attached hydrogens (primary N) is 1. The second kappa shape index (κ2) is 37.2. The zero-order valence-corrected chi connectivity index (χ0v) is 35.4. The third-order valence-electron chi connectivity index (χ3n) is 7.91. The Kier molecular flexibility index (Phi) is 34.7. The Bertz CT molecular complexity index is 1290. The van der Waals surface area contributed by atoms with Gasteiger partial charge in [0.05, 0.1) is 72.0 Å². The van der Waals surface area contributed by atoms with E-state index in [4.69, 9.17) is 34.2 Å². The average Bonchev–Trinajstić information content (AvgIpc) is 3.23. The topological polar surface area (TPSA) is 235 Å². The van der Waals surface area contributed by atoms with Crippen LogP contribution >= 0.6 is 0 Å². The number of ether oxygens (including phenoxy) is 6. The van der Waals surface area contributed by atoms with Gasteiger partial charge in [-0.05, 0) is 24.5 Å². The quantitative estimate of drug-likeness (QED) is 0.0657. The van der Waals surface area contributed by atoms with Crippen molar-refractivity contribution in [1.82, 2.24) is 26.2 Å². The number of nitrogens with one attached hydrogen (secondary N) is 4. The number of fused-ring (bicyclic) bond motifs is 1. The van der Waals surface area contributed by atoms with Crippen LogP contribution in [0.2, 0.25) is 0 Å². The number of nitrogens with zero attached hydrogens (tertiary/aromatic N) is 1. The van der Waals surface area contributed by atoms with Crippen LogP contribution in [0, 0.1) is 0 Å². The first-order chi connectivity index (χ1) is 28.1. The van der Waals surface area contributed by atoms with Crippen molar-refractivity contribution in [3.63, 3.8) is 0 Å². The van der Waals surface area contributed by atoms with E-state index in [0.29, 0.717) is 85.2 Å². The molecule has 1 heterocycles. The lowest BCUT2D eigenvalue weighted by Crippen LogP contribution is -2.49. The summed E-state index contributed by atoms with van der Waals surface area (Å²) in [6.45, 7) is 14.2. The first-order valence-corrected chi connectivity index (χ1v) is 20.2. The van der Waals surface area contributed by atoms with Gasteiger partial charge in [0.25, 0.3) is 0 Å². The molecule has 1 unspecified atom stereocenters. The van der Waals surface area contributed by atoms with Crippen molar-refractivity contribution in [2.45, 2.75) is 72.9 Å². The molecule has 0 spiro atoms. The molecule has 18 heteroatoms. The highest BCUT2D eigenvalue weighted by molar-refractivity contribution is 5.89. The molecule has 1 aromatic rings. The summed E-state index contributed by atoms with van der Waals surface area (Å²) in [5.74, 6) is -0.839. The molecule has 5 amide bonds. The van der Waals surface area contributed by atoms with Crippen LogP contribution in [0.15, 0.2) is 24.3 Å². The SMILES string of the molecule is CC.CC(=O)C1Cc2ccccc2CN1C(=O)CN.CCCCNC(=O)COCCOCCNC(=O)COCCOCCNC(=O)COCCOCCNC(=O)CC. The molecule has 2 rings (SSSR count). The number of hydrogen-bond donors (Lipinski definition) is 5. The lowest BCUT2D eigenvalue weighted by molar-refractivity contribution is -0.139. The monoisotopic (exact) mass is 827 g/mol. The maximum Gasteiger partial charge on any atom is 0.246 e. The van der Waals surface area contributed by atoms with Gasteiger partial charge in [0.15, 0.2) is 5.78 Å². The number of carbonyl (C=O) groups excluding carboxylic acids is 6. The maximum absolute atomic E-state index is 11.7. The second-order valence-corrected chi connectivity index (χ2v) is 12.4. The lowest BCUT2D eigenvalue weighted by Gasteiger charge is -2.35. The zero-order chi connectivity index (χ0) is 43.2. The van der Waals surface area contributed by atoms with E-state index in [1.807, 2.05) is 38.1 Å². The summed E-state index contributed by atoms with van der Waals surface area (Å²) >= 11 is 0. The molecule has 6 N–H and O–H groups in total. The van der Waals surface area contributed by atoms with Gasteiger partial charge in [0.1, 0.15) is 19.8 Å². The first-order valence-electron chi connectivity index (χ1n) is 20.2. The van der Waals surface area contributed by atoms with Gasteiger partial charge in [0.2, 0.25) is 29.5 Å². The molecule has 332 valence electrons. The van der Waals surface area contributed by atoms with Gasteiger partial charge in [-0.1, -0.05) is 58.4 Å². The summed E-state index contributed by atoms with van der Waals surface area (Å²) in [5, 5.41) is 10.8. The van der Waals surface area contributed by atoms with Crippen molar-refractivity contribution in [2.75, 3.05) is 112 Å². The molecular weight excluding hydrogens is 756 g/mol. The third kappa shape index (κ3) is 28.4. The van der Waals surface area contributed by atoms with Crippen LogP contribution in [0.25, 0.3) is 0 Å². The number of benzene rings is 1. The summed E-state index contributed by atoms with van der Waals surface area (Å²) in [5.41, 5.74) is 7.63. The Hall–Kier alpha value is -4.04. The van der Waals surface area contributed by atoms with Crippen LogP contribution in [0.1, 0.15) is 65.0 Å². The maximum atomic E-state index is 11.7. The summed E-state index contributed by atoms with van der Waals surface area (Å²) in [7, 11) is 0. The van der Waals surface area contributed by atoms with Crippen molar-refractivity contribution >= 4 is 35.3 Å². The number of unbranched alkanes of at least 4 members (excludes halogenated alkanes) is 1. The number of rotatable bonds is 30. The van der Waals surface area contributed by atoms with Gasteiger partial charge in [-0.3, -0.25) is 28.8 Å². The molecule has 58 heavy (non-hydrogen) atoms. The highest BCUT2D eigenvalue weighted by atomic mass is 16.5. The fraction of sp³-hybridized carbons (Fsp3) is 0.700. The predicted octanol–water partition coefficient (Wildman–Crippen LogP) is 0.275. The Labute approximate surface area is 344 Å². The van der Waals surface area contributed by atoms with E-state index >= 15 is 0 Å². The molecule has 0 bridgehead atoms. The molecule has 1 aliphatic heterocycles. The number of Topliss-reactive ketones (excluding diaryl/α,β-unsaturated/α-hetero) is 1. The molecule has 0 saturated heterocycles.